The third-order valence-electron chi connectivity index (χ3n) is 9.91. The Balaban J connectivity index is 1.42. The van der Waals surface area contributed by atoms with Gasteiger partial charge in [0, 0.05) is 12.6 Å². The molecule has 1 aromatic carbocycles. The minimum Gasteiger partial charge on any atom is -0.365 e. The van der Waals surface area contributed by atoms with Crippen molar-refractivity contribution in [2.24, 2.45) is 17.8 Å². The van der Waals surface area contributed by atoms with Gasteiger partial charge in [-0.1, -0.05) is 61.7 Å². The van der Waals surface area contributed by atoms with E-state index in [0.717, 1.165) is 48.9 Å². The topological polar surface area (TPSA) is 115 Å². The third kappa shape index (κ3) is 5.29. The van der Waals surface area contributed by atoms with Crippen LogP contribution in [0.4, 0.5) is 5.82 Å². The van der Waals surface area contributed by atoms with Crippen molar-refractivity contribution in [2.75, 3.05) is 5.32 Å². The molecule has 2 fully saturated rings. The molecule has 220 valence electrons. The van der Waals surface area contributed by atoms with Gasteiger partial charge < -0.3 is 9.88 Å². The summed E-state index contributed by atoms with van der Waals surface area (Å²) in [7, 11) is 0. The predicted octanol–water partition coefficient (Wildman–Crippen LogP) is 7.08. The van der Waals surface area contributed by atoms with Crippen molar-refractivity contribution >= 4 is 28.1 Å². The molecule has 1 atom stereocenters. The molecule has 0 amide bonds. The van der Waals surface area contributed by atoms with Crippen molar-refractivity contribution in [1.82, 2.24) is 29.7 Å². The molecule has 9 heteroatoms. The number of aromatic nitrogens is 6. The number of benzene rings is 1. The van der Waals surface area contributed by atoms with Crippen LogP contribution in [0, 0.1) is 17.8 Å². The first kappa shape index (κ1) is 27.1. The molecule has 3 aromatic heterocycles. The number of hydrogen-bond acceptors (Lipinski definition) is 7. The monoisotopic (exact) mass is 567 g/mol. The fraction of sp³-hybridized carbons (Fsp3) is 0.545. The molecule has 0 unspecified atom stereocenters. The number of anilines is 1. The summed E-state index contributed by atoms with van der Waals surface area (Å²) in [5.41, 5.74) is 5.58. The first-order valence-electron chi connectivity index (χ1n) is 15.9. The second-order valence-electron chi connectivity index (χ2n) is 12.8. The van der Waals surface area contributed by atoms with Crippen LogP contribution in [0.25, 0.3) is 34.0 Å². The number of imidazole rings is 1. The van der Waals surface area contributed by atoms with Crippen LogP contribution in [0.5, 0.6) is 0 Å². The molecule has 3 aliphatic carbocycles. The zero-order chi connectivity index (χ0) is 28.6. The molecule has 42 heavy (non-hydrogen) atoms. The van der Waals surface area contributed by atoms with E-state index in [2.05, 4.69) is 64.2 Å². The molecule has 3 aliphatic rings. The lowest BCUT2D eigenvalue weighted by Crippen LogP contribution is -2.31. The Morgan fingerprint density at radius 2 is 1.74 bits per heavy atom. The molecule has 0 radical (unpaired) electrons. The van der Waals surface area contributed by atoms with Gasteiger partial charge in [-0.2, -0.15) is 0 Å². The van der Waals surface area contributed by atoms with Gasteiger partial charge in [-0.3, -0.25) is 9.51 Å². The fourth-order valence-electron chi connectivity index (χ4n) is 7.13. The summed E-state index contributed by atoms with van der Waals surface area (Å²) in [5, 5.41) is 7.68. The number of H-pyrrole nitrogens is 1. The molecule has 0 saturated heterocycles. The Kier molecular flexibility index (Phi) is 7.42. The van der Waals surface area contributed by atoms with Crippen LogP contribution < -0.4 is 11.1 Å². The van der Waals surface area contributed by atoms with Crippen LogP contribution in [-0.2, 0) is 6.54 Å². The van der Waals surface area contributed by atoms with Gasteiger partial charge in [-0.05, 0) is 92.8 Å². The van der Waals surface area contributed by atoms with Gasteiger partial charge in [-0.25, -0.2) is 19.7 Å². The van der Waals surface area contributed by atoms with Crippen LogP contribution in [0.15, 0.2) is 39.6 Å². The maximum absolute atomic E-state index is 11.8. The largest absolute Gasteiger partial charge is 0.439 e. The van der Waals surface area contributed by atoms with Gasteiger partial charge in [0.15, 0.2) is 11.5 Å². The van der Waals surface area contributed by atoms with E-state index in [1.54, 1.807) is 0 Å². The molecule has 3 heterocycles. The Bertz CT molecular complexity index is 1640. The van der Waals surface area contributed by atoms with E-state index in [9.17, 15) is 4.79 Å². The van der Waals surface area contributed by atoms with Crippen molar-refractivity contribution in [1.29, 1.82) is 0 Å². The third-order valence-corrected chi connectivity index (χ3v) is 9.91. The zero-order valence-corrected chi connectivity index (χ0v) is 24.7. The number of nitrogens with zero attached hydrogens (tertiary/aromatic N) is 5. The Morgan fingerprint density at radius 3 is 2.43 bits per heavy atom. The van der Waals surface area contributed by atoms with E-state index < -0.39 is 5.76 Å². The highest BCUT2D eigenvalue weighted by Gasteiger charge is 2.30. The summed E-state index contributed by atoms with van der Waals surface area (Å²) in [6.45, 7) is 5.53. The minimum absolute atomic E-state index is 0.223. The van der Waals surface area contributed by atoms with E-state index in [-0.39, 0.29) is 11.9 Å². The number of allylic oxidation sites excluding steroid dienone is 2. The van der Waals surface area contributed by atoms with Gasteiger partial charge in [-0.15, -0.1) is 0 Å². The van der Waals surface area contributed by atoms with Crippen LogP contribution in [0.1, 0.15) is 95.9 Å². The summed E-state index contributed by atoms with van der Waals surface area (Å²) in [5.74, 6) is 3.70. The van der Waals surface area contributed by atoms with Crippen LogP contribution in [0.3, 0.4) is 0 Å². The Labute approximate surface area is 246 Å². The predicted molar refractivity (Wildman–Crippen MR) is 165 cm³/mol. The Morgan fingerprint density at radius 1 is 0.976 bits per heavy atom. The lowest BCUT2D eigenvalue weighted by molar-refractivity contribution is 0.266. The standard InChI is InChI=1S/C33H41N7O2/c1-20-15-17-22(18-16-20)19-40-27-28(34-21(2)23-11-8-12-23)35-30(31-38-33(41)42-39-31)36-29(27)37-32(40)26-14-7-6-13-25(26)24-9-4-3-5-10-24/h3-5,9-10,20-23H,6-8,11-19H2,1-2H3,(H,34,35,36)(H,38,39,41)/t20?,21-,22?/m1/s1. The average molecular weight is 568 g/mol. The van der Waals surface area contributed by atoms with E-state index in [1.807, 2.05) is 0 Å². The van der Waals surface area contributed by atoms with Crippen LogP contribution >= 0.6 is 0 Å². The van der Waals surface area contributed by atoms with Gasteiger partial charge in [0.05, 0.1) is 0 Å². The van der Waals surface area contributed by atoms with Crippen molar-refractivity contribution < 1.29 is 4.52 Å². The van der Waals surface area contributed by atoms with Gasteiger partial charge in [0.1, 0.15) is 11.3 Å². The average Bonchev–Trinajstić information content (AvgIpc) is 3.57. The molecule has 2 N–H and O–H groups in total. The highest BCUT2D eigenvalue weighted by Crippen LogP contribution is 2.41. The molecular formula is C33H41N7O2. The molecule has 4 aromatic rings. The van der Waals surface area contributed by atoms with Crippen LogP contribution in [-0.4, -0.2) is 35.7 Å². The lowest BCUT2D eigenvalue weighted by atomic mass is 9.80. The van der Waals surface area contributed by atoms with Gasteiger partial charge in [0.25, 0.3) is 0 Å². The molecule has 9 nitrogen and oxygen atoms in total. The van der Waals surface area contributed by atoms with Crippen molar-refractivity contribution in [2.45, 2.75) is 97.1 Å². The maximum Gasteiger partial charge on any atom is 0.439 e. The first-order chi connectivity index (χ1) is 20.5. The van der Waals surface area contributed by atoms with E-state index in [0.29, 0.717) is 23.3 Å². The fourth-order valence-corrected chi connectivity index (χ4v) is 7.13. The van der Waals surface area contributed by atoms with Crippen molar-refractivity contribution in [3.8, 4) is 11.6 Å². The summed E-state index contributed by atoms with van der Waals surface area (Å²) in [4.78, 5) is 29.6. The summed E-state index contributed by atoms with van der Waals surface area (Å²) in [6, 6.07) is 11.0. The maximum atomic E-state index is 11.8. The number of nitrogens with one attached hydrogen (secondary N) is 2. The number of hydrogen-bond donors (Lipinski definition) is 2. The number of aromatic amines is 1. The Hall–Kier alpha value is -3.75. The lowest BCUT2D eigenvalue weighted by Gasteiger charge is -2.32. The van der Waals surface area contributed by atoms with E-state index in [1.165, 1.54) is 68.1 Å². The summed E-state index contributed by atoms with van der Waals surface area (Å²) in [6.07, 6.45) is 13.1. The van der Waals surface area contributed by atoms with Gasteiger partial charge >= 0.3 is 5.76 Å². The molecule has 0 aliphatic heterocycles. The number of fused-ring (bicyclic) bond motifs is 1. The summed E-state index contributed by atoms with van der Waals surface area (Å²) >= 11 is 0. The van der Waals surface area contributed by atoms with E-state index in [4.69, 9.17) is 19.5 Å². The quantitative estimate of drug-likeness (QED) is 0.234. The zero-order valence-electron chi connectivity index (χ0n) is 24.7. The highest BCUT2D eigenvalue weighted by molar-refractivity contribution is 5.94. The van der Waals surface area contributed by atoms with E-state index >= 15 is 0 Å². The molecule has 7 rings (SSSR count). The molecule has 0 spiro atoms. The smallest absolute Gasteiger partial charge is 0.365 e. The normalized spacial score (nSPS) is 22.3. The molecule has 0 bridgehead atoms. The first-order valence-corrected chi connectivity index (χ1v) is 15.9. The minimum atomic E-state index is -0.622. The second-order valence-corrected chi connectivity index (χ2v) is 12.8. The second kappa shape index (κ2) is 11.5. The molecule has 2 saturated carbocycles. The van der Waals surface area contributed by atoms with Crippen molar-refractivity contribution in [3.63, 3.8) is 0 Å². The highest BCUT2D eigenvalue weighted by atomic mass is 16.5. The summed E-state index contributed by atoms with van der Waals surface area (Å²) < 4.78 is 7.25. The van der Waals surface area contributed by atoms with Crippen molar-refractivity contribution in [3.05, 3.63) is 52.3 Å². The number of rotatable bonds is 8. The van der Waals surface area contributed by atoms with Crippen LogP contribution in [0.2, 0.25) is 0 Å². The molecular weight excluding hydrogens is 526 g/mol. The SMILES string of the molecule is CC1CCC(Cn2c(C3=C(c4ccccc4)CCCC3)nc3nc(-c4noc(=O)[nH]4)nc(N[C@H](C)C4CCC4)c32)CC1. The van der Waals surface area contributed by atoms with Gasteiger partial charge in [0.2, 0.25) is 11.6 Å².